The number of rotatable bonds is 1. The topological polar surface area (TPSA) is 22.9 Å². The maximum atomic E-state index is 6.43. The van der Waals surface area contributed by atoms with Gasteiger partial charge in [-0.05, 0) is 84.4 Å². The molecule has 0 N–H and O–H groups in total. The van der Waals surface area contributed by atoms with E-state index in [0.29, 0.717) is 0 Å². The zero-order chi connectivity index (χ0) is 28.1. The van der Waals surface area contributed by atoms with Crippen molar-refractivity contribution in [3.8, 4) is 11.1 Å². The van der Waals surface area contributed by atoms with Crippen molar-refractivity contribution < 1.29 is 9.31 Å². The zero-order valence-electron chi connectivity index (χ0n) is 24.4. The van der Waals surface area contributed by atoms with Gasteiger partial charge in [0.05, 0.1) is 27.8 Å². The Morgan fingerprint density at radius 3 is 2.07 bits per heavy atom. The third-order valence-electron chi connectivity index (χ3n) is 10.5. The van der Waals surface area contributed by atoms with Gasteiger partial charge in [-0.2, -0.15) is 0 Å². The molecule has 5 aromatic carbocycles. The van der Waals surface area contributed by atoms with Crippen LogP contribution in [0.5, 0.6) is 0 Å². The fourth-order valence-corrected chi connectivity index (χ4v) is 7.74. The Morgan fingerprint density at radius 1 is 0.585 bits per heavy atom. The van der Waals surface area contributed by atoms with E-state index >= 15 is 0 Å². The molecule has 1 fully saturated rings. The molecule has 0 spiro atoms. The minimum atomic E-state index is -0.369. The van der Waals surface area contributed by atoms with Crippen molar-refractivity contribution >= 4 is 61.4 Å². The summed E-state index contributed by atoms with van der Waals surface area (Å²) in [6, 6.07) is 31.9. The van der Waals surface area contributed by atoms with E-state index in [1.807, 2.05) is 0 Å². The van der Waals surface area contributed by atoms with Crippen LogP contribution in [-0.2, 0) is 14.7 Å². The molecular weight excluding hydrogens is 501 g/mol. The van der Waals surface area contributed by atoms with Gasteiger partial charge in [-0.3, -0.25) is 0 Å². The second kappa shape index (κ2) is 7.31. The maximum absolute atomic E-state index is 6.43. The number of hydrogen-bond acceptors (Lipinski definition) is 2. The molecule has 2 aliphatic rings. The lowest BCUT2D eigenvalue weighted by Gasteiger charge is -2.32. The van der Waals surface area contributed by atoms with Crippen molar-refractivity contribution in [2.75, 3.05) is 0 Å². The molecule has 0 amide bonds. The molecule has 0 bridgehead atoms. The van der Waals surface area contributed by atoms with Crippen LogP contribution in [-0.4, -0.2) is 22.7 Å². The molecule has 0 radical (unpaired) electrons. The van der Waals surface area contributed by atoms with Crippen LogP contribution in [0.1, 0.15) is 52.7 Å². The molecule has 3 nitrogen and oxygen atoms in total. The van der Waals surface area contributed by atoms with Crippen LogP contribution < -0.4 is 5.46 Å². The van der Waals surface area contributed by atoms with Crippen molar-refractivity contribution in [1.82, 2.24) is 4.40 Å². The number of benzene rings is 5. The third kappa shape index (κ3) is 2.82. The van der Waals surface area contributed by atoms with E-state index in [-0.39, 0.29) is 23.7 Å². The van der Waals surface area contributed by atoms with Crippen molar-refractivity contribution in [3.63, 3.8) is 0 Å². The van der Waals surface area contributed by atoms with Gasteiger partial charge in [0.2, 0.25) is 0 Å². The Morgan fingerprint density at radius 2 is 1.29 bits per heavy atom. The molecule has 0 saturated carbocycles. The summed E-state index contributed by atoms with van der Waals surface area (Å²) in [5.74, 6) is 0. The Bertz CT molecular complexity index is 2240. The number of nitrogens with zero attached hydrogens (tertiary/aromatic N) is 1. The molecular formula is C37H32BNO2. The largest absolute Gasteiger partial charge is 0.494 e. The summed E-state index contributed by atoms with van der Waals surface area (Å²) in [5.41, 5.74) is 9.49. The first kappa shape index (κ1) is 23.8. The lowest BCUT2D eigenvalue weighted by atomic mass is 9.76. The van der Waals surface area contributed by atoms with Gasteiger partial charge in [-0.15, -0.1) is 0 Å². The minimum Gasteiger partial charge on any atom is -0.399 e. The van der Waals surface area contributed by atoms with Gasteiger partial charge >= 0.3 is 7.12 Å². The summed E-state index contributed by atoms with van der Waals surface area (Å²) in [7, 11) is -0.369. The van der Waals surface area contributed by atoms with Crippen molar-refractivity contribution in [1.29, 1.82) is 0 Å². The summed E-state index contributed by atoms with van der Waals surface area (Å²) in [6.45, 7) is 13.2. The summed E-state index contributed by atoms with van der Waals surface area (Å²) in [5, 5.41) is 7.91. The zero-order valence-corrected chi connectivity index (χ0v) is 24.4. The SMILES string of the molecule is CC1(C)c2ccc(B3OC(C)(C)C(C)(C)O3)cc2-c2ccc3cc4c(cc3c21)c1cccc2c3ccccc3n4c21. The highest BCUT2D eigenvalue weighted by atomic mass is 16.7. The highest BCUT2D eigenvalue weighted by Gasteiger charge is 2.52. The molecule has 9 rings (SSSR count). The van der Waals surface area contributed by atoms with Gasteiger partial charge in [-0.1, -0.05) is 80.6 Å². The Hall–Kier alpha value is -3.86. The van der Waals surface area contributed by atoms with Gasteiger partial charge < -0.3 is 13.7 Å². The van der Waals surface area contributed by atoms with Crippen LogP contribution in [0.4, 0.5) is 0 Å². The highest BCUT2D eigenvalue weighted by molar-refractivity contribution is 6.62. The Kier molecular flexibility index (Phi) is 4.25. The van der Waals surface area contributed by atoms with Crippen molar-refractivity contribution in [3.05, 3.63) is 96.1 Å². The Labute approximate surface area is 240 Å². The Balaban J connectivity index is 1.29. The summed E-state index contributed by atoms with van der Waals surface area (Å²) >= 11 is 0. The van der Waals surface area contributed by atoms with Gasteiger partial charge in [0.25, 0.3) is 0 Å². The average molecular weight is 533 g/mol. The predicted octanol–water partition coefficient (Wildman–Crippen LogP) is 8.60. The molecule has 41 heavy (non-hydrogen) atoms. The number of fused-ring (bicyclic) bond motifs is 11. The highest BCUT2D eigenvalue weighted by Crippen LogP contribution is 2.52. The van der Waals surface area contributed by atoms with E-state index in [0.717, 1.165) is 5.46 Å². The van der Waals surface area contributed by atoms with Gasteiger partial charge in [0.15, 0.2) is 0 Å². The van der Waals surface area contributed by atoms with Crippen LogP contribution in [0.15, 0.2) is 84.9 Å². The fraction of sp³-hybridized carbons (Fsp3) is 0.243. The van der Waals surface area contributed by atoms with E-state index in [9.17, 15) is 0 Å². The van der Waals surface area contributed by atoms with Gasteiger partial charge in [-0.25, -0.2) is 0 Å². The van der Waals surface area contributed by atoms with Crippen LogP contribution in [0.2, 0.25) is 0 Å². The molecule has 0 atom stereocenters. The standard InChI is InChI=1S/C37H32BNO2/c1-35(2)30-17-15-22(38-40-36(3,4)37(5,6)41-38)19-28(30)24-16-14-21-18-32-29(20-27(21)33(24)35)26-12-9-11-25-23-10-7-8-13-31(23)39(32)34(25)26/h7-20H,1-6H3. The van der Waals surface area contributed by atoms with Crippen molar-refractivity contribution in [2.45, 2.75) is 58.2 Å². The lowest BCUT2D eigenvalue weighted by Crippen LogP contribution is -2.41. The number of hydrogen-bond donors (Lipinski definition) is 0. The number of para-hydroxylation sites is 2. The first-order chi connectivity index (χ1) is 19.6. The van der Waals surface area contributed by atoms with Crippen LogP contribution in [0.25, 0.3) is 60.0 Å². The summed E-state index contributed by atoms with van der Waals surface area (Å²) < 4.78 is 15.3. The summed E-state index contributed by atoms with van der Waals surface area (Å²) in [6.07, 6.45) is 0. The third-order valence-corrected chi connectivity index (χ3v) is 10.5. The lowest BCUT2D eigenvalue weighted by molar-refractivity contribution is 0.00578. The van der Waals surface area contributed by atoms with E-state index in [2.05, 4.69) is 131 Å². The molecule has 1 aliphatic carbocycles. The van der Waals surface area contributed by atoms with Crippen LogP contribution in [0.3, 0.4) is 0 Å². The second-order valence-corrected chi connectivity index (χ2v) is 13.7. The van der Waals surface area contributed by atoms with E-state index in [1.165, 1.54) is 71.1 Å². The smallest absolute Gasteiger partial charge is 0.399 e. The average Bonchev–Trinajstić information content (AvgIpc) is 3.60. The van der Waals surface area contributed by atoms with Crippen molar-refractivity contribution in [2.24, 2.45) is 0 Å². The second-order valence-electron chi connectivity index (χ2n) is 13.7. The maximum Gasteiger partial charge on any atom is 0.494 e. The first-order valence-corrected chi connectivity index (χ1v) is 14.7. The molecule has 1 aliphatic heterocycles. The van der Waals surface area contributed by atoms with Gasteiger partial charge in [0.1, 0.15) is 0 Å². The molecule has 7 aromatic rings. The first-order valence-electron chi connectivity index (χ1n) is 14.7. The van der Waals surface area contributed by atoms with E-state index < -0.39 is 0 Å². The summed E-state index contributed by atoms with van der Waals surface area (Å²) in [4.78, 5) is 0. The minimum absolute atomic E-state index is 0.125. The quantitative estimate of drug-likeness (QED) is 0.197. The van der Waals surface area contributed by atoms with E-state index in [1.54, 1.807) is 0 Å². The van der Waals surface area contributed by atoms with Crippen LogP contribution >= 0.6 is 0 Å². The van der Waals surface area contributed by atoms with Crippen LogP contribution in [0, 0.1) is 0 Å². The predicted molar refractivity (Wildman–Crippen MR) is 172 cm³/mol. The van der Waals surface area contributed by atoms with E-state index in [4.69, 9.17) is 9.31 Å². The molecule has 200 valence electrons. The molecule has 1 saturated heterocycles. The molecule has 0 unspecified atom stereocenters. The van der Waals surface area contributed by atoms with Gasteiger partial charge in [0, 0.05) is 27.0 Å². The number of aromatic nitrogens is 1. The molecule has 4 heteroatoms. The normalized spacial score (nSPS) is 18.8. The fourth-order valence-electron chi connectivity index (χ4n) is 7.74. The molecule has 3 heterocycles. The molecule has 2 aromatic heterocycles. The monoisotopic (exact) mass is 533 g/mol.